The van der Waals surface area contributed by atoms with E-state index >= 15 is 0 Å². The van der Waals surface area contributed by atoms with Gasteiger partial charge in [-0.2, -0.15) is 0 Å². The van der Waals surface area contributed by atoms with E-state index < -0.39 is 0 Å². The molecule has 148 valence electrons. The minimum atomic E-state index is -0.160. The number of rotatable bonds is 7. The monoisotopic (exact) mass is 476 g/mol. The highest BCUT2D eigenvalue weighted by Gasteiger charge is 2.19. The van der Waals surface area contributed by atoms with Crippen LogP contribution in [0.4, 0.5) is 0 Å². The first kappa shape index (κ1) is 22.8. The number of hydrogen-bond acceptors (Lipinski definition) is 3. The van der Waals surface area contributed by atoms with Crippen LogP contribution in [-0.4, -0.2) is 37.5 Å². The molecular weight excluding hydrogens is 443 g/mol. The van der Waals surface area contributed by atoms with Gasteiger partial charge in [-0.3, -0.25) is 9.79 Å². The smallest absolute Gasteiger partial charge is 0.287 e. The molecule has 2 rings (SSSR count). The van der Waals surface area contributed by atoms with Gasteiger partial charge in [-0.25, -0.2) is 0 Å². The van der Waals surface area contributed by atoms with Crippen molar-refractivity contribution in [1.29, 1.82) is 0 Å². The summed E-state index contributed by atoms with van der Waals surface area (Å²) in [5, 5.41) is 9.74. The maximum atomic E-state index is 12.0. The fourth-order valence-electron chi connectivity index (χ4n) is 3.24. The summed E-state index contributed by atoms with van der Waals surface area (Å²) >= 11 is 0. The third kappa shape index (κ3) is 7.55. The summed E-state index contributed by atoms with van der Waals surface area (Å²) in [6, 6.07) is 2.31. The van der Waals surface area contributed by atoms with Crippen molar-refractivity contribution in [3.05, 3.63) is 23.7 Å². The number of aliphatic imine (C=N–C) groups is 1. The van der Waals surface area contributed by atoms with Crippen molar-refractivity contribution < 1.29 is 9.21 Å². The average Bonchev–Trinajstić information content (AvgIpc) is 3.00. The topological polar surface area (TPSA) is 78.7 Å². The molecule has 26 heavy (non-hydrogen) atoms. The van der Waals surface area contributed by atoms with Gasteiger partial charge in [-0.1, -0.05) is 19.8 Å². The molecule has 1 heterocycles. The fraction of sp³-hybridized carbons (Fsp3) is 0.684. The zero-order chi connectivity index (χ0) is 18.1. The normalized spacial score (nSPS) is 20.2. The van der Waals surface area contributed by atoms with Crippen molar-refractivity contribution in [2.45, 2.75) is 58.9 Å². The minimum absolute atomic E-state index is 0. The van der Waals surface area contributed by atoms with Crippen LogP contribution in [0, 0.1) is 12.8 Å². The highest BCUT2D eigenvalue weighted by molar-refractivity contribution is 14.0. The Morgan fingerprint density at radius 2 is 2.15 bits per heavy atom. The number of amides is 1. The second kappa shape index (κ2) is 12.2. The number of carbonyl (C=O) groups is 1. The molecule has 1 aromatic rings. The van der Waals surface area contributed by atoms with Crippen LogP contribution < -0.4 is 16.0 Å². The van der Waals surface area contributed by atoms with Crippen molar-refractivity contribution in [2.75, 3.05) is 19.6 Å². The van der Waals surface area contributed by atoms with Gasteiger partial charge in [0.15, 0.2) is 11.7 Å². The molecule has 0 bridgehead atoms. The number of aryl methyl sites for hydroxylation is 1. The SMILES string of the molecule is CCNC(=NCCCNC(=O)c1occc1C)NC1CCCC(C)C1.I. The summed E-state index contributed by atoms with van der Waals surface area (Å²) in [5.41, 5.74) is 0.857. The number of nitrogens with zero attached hydrogens (tertiary/aromatic N) is 1. The van der Waals surface area contributed by atoms with Crippen molar-refractivity contribution in [2.24, 2.45) is 10.9 Å². The average molecular weight is 476 g/mol. The van der Waals surface area contributed by atoms with Crippen molar-refractivity contribution in [3.8, 4) is 0 Å². The van der Waals surface area contributed by atoms with E-state index in [1.54, 1.807) is 6.07 Å². The van der Waals surface area contributed by atoms with E-state index in [4.69, 9.17) is 4.42 Å². The molecular formula is C19H33IN4O2. The third-order valence-electron chi connectivity index (χ3n) is 4.58. The second-order valence-corrected chi connectivity index (χ2v) is 6.92. The molecule has 3 N–H and O–H groups in total. The summed E-state index contributed by atoms with van der Waals surface area (Å²) in [7, 11) is 0. The van der Waals surface area contributed by atoms with Crippen LogP contribution in [0.1, 0.15) is 62.1 Å². The van der Waals surface area contributed by atoms with Gasteiger partial charge in [-0.05, 0) is 45.1 Å². The fourth-order valence-corrected chi connectivity index (χ4v) is 3.24. The standard InChI is InChI=1S/C19H32N4O2.HI/c1-4-20-19(23-16-8-5-7-14(2)13-16)22-11-6-10-21-18(24)17-15(3)9-12-25-17;/h9,12,14,16H,4-8,10-11,13H2,1-3H3,(H,21,24)(H2,20,22,23);1H. The van der Waals surface area contributed by atoms with Crippen LogP contribution in [0.2, 0.25) is 0 Å². The first-order valence-electron chi connectivity index (χ1n) is 9.47. The maximum absolute atomic E-state index is 12.0. The van der Waals surface area contributed by atoms with Crippen LogP contribution in [0.3, 0.4) is 0 Å². The number of hydrogen-bond donors (Lipinski definition) is 3. The number of guanidine groups is 1. The van der Waals surface area contributed by atoms with Crippen LogP contribution in [0.5, 0.6) is 0 Å². The Bertz CT molecular complexity index is 574. The lowest BCUT2D eigenvalue weighted by atomic mass is 9.87. The van der Waals surface area contributed by atoms with Gasteiger partial charge < -0.3 is 20.4 Å². The van der Waals surface area contributed by atoms with E-state index in [9.17, 15) is 4.79 Å². The molecule has 7 heteroatoms. The van der Waals surface area contributed by atoms with Gasteiger partial charge in [0.25, 0.3) is 5.91 Å². The number of carbonyl (C=O) groups excluding carboxylic acids is 1. The van der Waals surface area contributed by atoms with Gasteiger partial charge in [-0.15, -0.1) is 24.0 Å². The highest BCUT2D eigenvalue weighted by Crippen LogP contribution is 2.23. The quantitative estimate of drug-likeness (QED) is 0.244. The molecule has 6 nitrogen and oxygen atoms in total. The zero-order valence-electron chi connectivity index (χ0n) is 16.1. The third-order valence-corrected chi connectivity index (χ3v) is 4.58. The predicted octanol–water partition coefficient (Wildman–Crippen LogP) is 3.46. The van der Waals surface area contributed by atoms with E-state index in [2.05, 4.69) is 34.8 Å². The Hall–Kier alpha value is -1.25. The number of halogens is 1. The number of nitrogens with one attached hydrogen (secondary N) is 3. The molecule has 0 aromatic carbocycles. The van der Waals surface area contributed by atoms with Gasteiger partial charge >= 0.3 is 0 Å². The van der Waals surface area contributed by atoms with E-state index in [-0.39, 0.29) is 29.9 Å². The Labute approximate surface area is 174 Å². The molecule has 0 spiro atoms. The second-order valence-electron chi connectivity index (χ2n) is 6.92. The Balaban J connectivity index is 0.00000338. The molecule has 1 aliphatic rings. The van der Waals surface area contributed by atoms with Gasteiger partial charge in [0.1, 0.15) is 0 Å². The summed E-state index contributed by atoms with van der Waals surface area (Å²) in [6.45, 7) is 8.37. The molecule has 1 saturated carbocycles. The molecule has 0 aliphatic heterocycles. The molecule has 1 aliphatic carbocycles. The maximum Gasteiger partial charge on any atom is 0.287 e. The van der Waals surface area contributed by atoms with Crippen LogP contribution in [0.15, 0.2) is 21.7 Å². The van der Waals surface area contributed by atoms with Crippen LogP contribution in [0.25, 0.3) is 0 Å². The lowest BCUT2D eigenvalue weighted by molar-refractivity contribution is 0.0925. The highest BCUT2D eigenvalue weighted by atomic mass is 127. The molecule has 1 amide bonds. The molecule has 1 fully saturated rings. The van der Waals surface area contributed by atoms with E-state index in [0.717, 1.165) is 30.4 Å². The summed E-state index contributed by atoms with van der Waals surface area (Å²) < 4.78 is 5.19. The molecule has 2 atom stereocenters. The molecule has 0 saturated heterocycles. The van der Waals surface area contributed by atoms with Crippen LogP contribution in [-0.2, 0) is 0 Å². The van der Waals surface area contributed by atoms with E-state index in [1.807, 2.05) is 6.92 Å². The van der Waals surface area contributed by atoms with Gasteiger partial charge in [0.2, 0.25) is 0 Å². The van der Waals surface area contributed by atoms with Gasteiger partial charge in [0, 0.05) is 31.2 Å². The van der Waals surface area contributed by atoms with Crippen molar-refractivity contribution in [3.63, 3.8) is 0 Å². The minimum Gasteiger partial charge on any atom is -0.459 e. The van der Waals surface area contributed by atoms with E-state index in [1.165, 1.54) is 31.9 Å². The van der Waals surface area contributed by atoms with E-state index in [0.29, 0.717) is 24.9 Å². The zero-order valence-corrected chi connectivity index (χ0v) is 18.5. The molecule has 2 unspecified atom stereocenters. The molecule has 1 aromatic heterocycles. The Kier molecular flexibility index (Phi) is 10.7. The lowest BCUT2D eigenvalue weighted by Crippen LogP contribution is -2.45. The van der Waals surface area contributed by atoms with Gasteiger partial charge in [0.05, 0.1) is 6.26 Å². The Morgan fingerprint density at radius 3 is 2.81 bits per heavy atom. The first-order chi connectivity index (χ1) is 12.1. The van der Waals surface area contributed by atoms with Crippen molar-refractivity contribution >= 4 is 35.8 Å². The largest absolute Gasteiger partial charge is 0.459 e. The van der Waals surface area contributed by atoms with Crippen LogP contribution >= 0.6 is 24.0 Å². The summed E-state index contributed by atoms with van der Waals surface area (Å²) in [5.74, 6) is 1.90. The van der Waals surface area contributed by atoms with Crippen molar-refractivity contribution in [1.82, 2.24) is 16.0 Å². The Morgan fingerprint density at radius 1 is 1.35 bits per heavy atom. The lowest BCUT2D eigenvalue weighted by Gasteiger charge is -2.28. The predicted molar refractivity (Wildman–Crippen MR) is 116 cm³/mol. The summed E-state index contributed by atoms with van der Waals surface area (Å²) in [6.07, 6.45) is 7.38. The number of furan rings is 1. The first-order valence-corrected chi connectivity index (χ1v) is 9.47. The molecule has 0 radical (unpaired) electrons. The summed E-state index contributed by atoms with van der Waals surface area (Å²) in [4.78, 5) is 16.6.